The number of piperidine rings is 2. The van der Waals surface area contributed by atoms with E-state index < -0.39 is 0 Å². The molecule has 0 saturated carbocycles. The summed E-state index contributed by atoms with van der Waals surface area (Å²) in [6.07, 6.45) is 7.41. The van der Waals surface area contributed by atoms with Crippen molar-refractivity contribution in [1.82, 2.24) is 15.5 Å². The van der Waals surface area contributed by atoms with Crippen LogP contribution in [0.5, 0.6) is 0 Å². The summed E-state index contributed by atoms with van der Waals surface area (Å²) in [7, 11) is 0. The highest BCUT2D eigenvalue weighted by atomic mass is 16.5. The van der Waals surface area contributed by atoms with Crippen LogP contribution in [0.3, 0.4) is 0 Å². The van der Waals surface area contributed by atoms with Crippen LogP contribution in [0.1, 0.15) is 52.4 Å². The maximum absolute atomic E-state index is 12.5. The van der Waals surface area contributed by atoms with Crippen molar-refractivity contribution in [1.29, 1.82) is 0 Å². The first-order chi connectivity index (χ1) is 11.1. The van der Waals surface area contributed by atoms with E-state index in [0.29, 0.717) is 24.3 Å². The molecule has 5 heteroatoms. The van der Waals surface area contributed by atoms with Crippen LogP contribution in [-0.4, -0.2) is 61.3 Å². The molecule has 0 bridgehead atoms. The van der Waals surface area contributed by atoms with Crippen LogP contribution >= 0.6 is 0 Å². The minimum absolute atomic E-state index is 0.169. The third kappa shape index (κ3) is 4.68. The zero-order chi connectivity index (χ0) is 16.2. The molecular formula is C18H33N3O2. The SMILES string of the molecule is C[C@@H]1CC(N2CCC[C@H](NC(=O)[C@@H]3CCCNC3)C2)C[C@@H](C)O1. The van der Waals surface area contributed by atoms with Crippen LogP contribution in [0.15, 0.2) is 0 Å². The summed E-state index contributed by atoms with van der Waals surface area (Å²) in [4.78, 5) is 15.1. The van der Waals surface area contributed by atoms with Crippen molar-refractivity contribution in [3.63, 3.8) is 0 Å². The minimum atomic E-state index is 0.169. The van der Waals surface area contributed by atoms with Gasteiger partial charge in [-0.25, -0.2) is 0 Å². The molecule has 3 saturated heterocycles. The van der Waals surface area contributed by atoms with Gasteiger partial charge in [-0.3, -0.25) is 9.69 Å². The maximum Gasteiger partial charge on any atom is 0.224 e. The quantitative estimate of drug-likeness (QED) is 0.827. The van der Waals surface area contributed by atoms with E-state index in [-0.39, 0.29) is 11.8 Å². The highest BCUT2D eigenvalue weighted by molar-refractivity contribution is 5.79. The van der Waals surface area contributed by atoms with Gasteiger partial charge in [-0.2, -0.15) is 0 Å². The molecule has 3 aliphatic rings. The van der Waals surface area contributed by atoms with Gasteiger partial charge in [0.1, 0.15) is 0 Å². The third-order valence-electron chi connectivity index (χ3n) is 5.66. The predicted molar refractivity (Wildman–Crippen MR) is 91.4 cm³/mol. The van der Waals surface area contributed by atoms with Crippen molar-refractivity contribution < 1.29 is 9.53 Å². The lowest BCUT2D eigenvalue weighted by molar-refractivity contribution is -0.127. The molecule has 3 aliphatic heterocycles. The molecule has 132 valence electrons. The molecule has 0 aliphatic carbocycles. The van der Waals surface area contributed by atoms with Crippen molar-refractivity contribution in [3.8, 4) is 0 Å². The highest BCUT2D eigenvalue weighted by Crippen LogP contribution is 2.26. The smallest absolute Gasteiger partial charge is 0.224 e. The van der Waals surface area contributed by atoms with Gasteiger partial charge in [-0.05, 0) is 65.5 Å². The van der Waals surface area contributed by atoms with E-state index >= 15 is 0 Å². The largest absolute Gasteiger partial charge is 0.375 e. The van der Waals surface area contributed by atoms with Crippen LogP contribution in [0.4, 0.5) is 0 Å². The molecule has 1 amide bonds. The zero-order valence-electron chi connectivity index (χ0n) is 14.7. The average Bonchev–Trinajstić information content (AvgIpc) is 2.55. The van der Waals surface area contributed by atoms with Crippen LogP contribution in [0, 0.1) is 5.92 Å². The second-order valence-electron chi connectivity index (χ2n) is 7.77. The Morgan fingerprint density at radius 3 is 2.65 bits per heavy atom. The summed E-state index contributed by atoms with van der Waals surface area (Å²) in [6.45, 7) is 8.44. The molecule has 3 rings (SSSR count). The van der Waals surface area contributed by atoms with Crippen molar-refractivity contribution in [2.75, 3.05) is 26.2 Å². The number of carbonyl (C=O) groups is 1. The van der Waals surface area contributed by atoms with Gasteiger partial charge in [0.2, 0.25) is 5.91 Å². The zero-order valence-corrected chi connectivity index (χ0v) is 14.7. The molecule has 23 heavy (non-hydrogen) atoms. The number of likely N-dealkylation sites (tertiary alicyclic amines) is 1. The summed E-state index contributed by atoms with van der Waals surface area (Å²) in [5.41, 5.74) is 0. The lowest BCUT2D eigenvalue weighted by Crippen LogP contribution is -2.54. The summed E-state index contributed by atoms with van der Waals surface area (Å²) in [6, 6.07) is 0.941. The van der Waals surface area contributed by atoms with Crippen LogP contribution in [-0.2, 0) is 9.53 Å². The summed E-state index contributed by atoms with van der Waals surface area (Å²) < 4.78 is 5.87. The van der Waals surface area contributed by atoms with Gasteiger partial charge in [0.15, 0.2) is 0 Å². The number of nitrogens with zero attached hydrogens (tertiary/aromatic N) is 1. The number of nitrogens with one attached hydrogen (secondary N) is 2. The fourth-order valence-corrected chi connectivity index (χ4v) is 4.52. The van der Waals surface area contributed by atoms with Crippen molar-refractivity contribution in [3.05, 3.63) is 0 Å². The van der Waals surface area contributed by atoms with Crippen molar-refractivity contribution in [2.45, 2.75) is 76.7 Å². The fourth-order valence-electron chi connectivity index (χ4n) is 4.52. The highest BCUT2D eigenvalue weighted by Gasteiger charge is 2.33. The molecule has 0 spiro atoms. The molecule has 3 heterocycles. The Labute approximate surface area is 140 Å². The van der Waals surface area contributed by atoms with E-state index in [0.717, 1.165) is 51.7 Å². The normalized spacial score (nSPS) is 39.8. The fraction of sp³-hybridized carbons (Fsp3) is 0.944. The Balaban J connectivity index is 1.50. The topological polar surface area (TPSA) is 53.6 Å². The molecule has 0 radical (unpaired) electrons. The van der Waals surface area contributed by atoms with Crippen LogP contribution in [0.25, 0.3) is 0 Å². The van der Waals surface area contributed by atoms with Crippen LogP contribution < -0.4 is 10.6 Å². The molecule has 0 aromatic carbocycles. The Morgan fingerprint density at radius 1 is 1.17 bits per heavy atom. The first-order valence-corrected chi connectivity index (χ1v) is 9.52. The first-order valence-electron chi connectivity index (χ1n) is 9.52. The van der Waals surface area contributed by atoms with E-state index in [4.69, 9.17) is 4.74 Å². The number of ether oxygens (including phenoxy) is 1. The first kappa shape index (κ1) is 17.2. The van der Waals surface area contributed by atoms with Crippen molar-refractivity contribution in [2.24, 2.45) is 5.92 Å². The molecular weight excluding hydrogens is 290 g/mol. The summed E-state index contributed by atoms with van der Waals surface area (Å²) >= 11 is 0. The van der Waals surface area contributed by atoms with Gasteiger partial charge in [-0.1, -0.05) is 0 Å². The Hall–Kier alpha value is -0.650. The molecule has 4 atom stereocenters. The van der Waals surface area contributed by atoms with Gasteiger partial charge in [0, 0.05) is 25.2 Å². The van der Waals surface area contributed by atoms with E-state index in [1.54, 1.807) is 0 Å². The van der Waals surface area contributed by atoms with Gasteiger partial charge >= 0.3 is 0 Å². The molecule has 2 N–H and O–H groups in total. The Bertz CT molecular complexity index is 388. The molecule has 0 aromatic heterocycles. The Kier molecular flexibility index (Phi) is 5.94. The van der Waals surface area contributed by atoms with E-state index in [9.17, 15) is 4.79 Å². The van der Waals surface area contributed by atoms with Crippen molar-refractivity contribution >= 4 is 5.91 Å². The average molecular weight is 323 g/mol. The lowest BCUT2D eigenvalue weighted by Gasteiger charge is -2.43. The molecule has 3 fully saturated rings. The second kappa shape index (κ2) is 7.95. The van der Waals surface area contributed by atoms with Gasteiger partial charge in [0.25, 0.3) is 0 Å². The van der Waals surface area contributed by atoms with Gasteiger partial charge < -0.3 is 15.4 Å². The monoisotopic (exact) mass is 323 g/mol. The number of rotatable bonds is 3. The molecule has 5 nitrogen and oxygen atoms in total. The molecule has 0 unspecified atom stereocenters. The number of carbonyl (C=O) groups excluding carboxylic acids is 1. The third-order valence-corrected chi connectivity index (χ3v) is 5.66. The van der Waals surface area contributed by atoms with E-state index in [2.05, 4.69) is 29.4 Å². The van der Waals surface area contributed by atoms with Gasteiger partial charge in [-0.15, -0.1) is 0 Å². The van der Waals surface area contributed by atoms with E-state index in [1.807, 2.05) is 0 Å². The standard InChI is InChI=1S/C18H33N3O2/c1-13-9-17(10-14(2)23-13)21-8-4-6-16(12-21)20-18(22)15-5-3-7-19-11-15/h13-17,19H,3-12H2,1-2H3,(H,20,22)/t13-,14-,15-,16+/m1/s1. The Morgan fingerprint density at radius 2 is 1.96 bits per heavy atom. The maximum atomic E-state index is 12.5. The summed E-state index contributed by atoms with van der Waals surface area (Å²) in [5, 5.41) is 6.67. The lowest BCUT2D eigenvalue weighted by atomic mass is 9.94. The van der Waals surface area contributed by atoms with E-state index in [1.165, 1.54) is 13.0 Å². The van der Waals surface area contributed by atoms with Gasteiger partial charge in [0.05, 0.1) is 18.1 Å². The number of hydrogen-bond donors (Lipinski definition) is 2. The molecule has 0 aromatic rings. The number of hydrogen-bond acceptors (Lipinski definition) is 4. The minimum Gasteiger partial charge on any atom is -0.375 e. The predicted octanol–water partition coefficient (Wildman–Crippen LogP) is 1.52. The number of amides is 1. The summed E-state index contributed by atoms with van der Waals surface area (Å²) in [5.74, 6) is 0.431. The second-order valence-corrected chi connectivity index (χ2v) is 7.77. The van der Waals surface area contributed by atoms with Crippen LogP contribution in [0.2, 0.25) is 0 Å².